The van der Waals surface area contributed by atoms with Crippen LogP contribution in [0.4, 0.5) is 18.9 Å². The number of amides is 1. The first kappa shape index (κ1) is 17.0. The lowest BCUT2D eigenvalue weighted by Crippen LogP contribution is -2.12. The average molecular weight is 418 g/mol. The summed E-state index contributed by atoms with van der Waals surface area (Å²) in [4.78, 5) is 13.6. The van der Waals surface area contributed by atoms with Crippen LogP contribution in [0.15, 0.2) is 28.7 Å². The number of aromatic nitrogens is 2. The van der Waals surface area contributed by atoms with E-state index in [2.05, 4.69) is 26.3 Å². The number of hydrogen-bond acceptors (Lipinski definition) is 3. The van der Waals surface area contributed by atoms with Crippen molar-refractivity contribution in [3.05, 3.63) is 44.9 Å². The molecule has 0 fully saturated rings. The molecule has 4 nitrogen and oxygen atoms in total. The third kappa shape index (κ3) is 3.05. The number of fused-ring (bicyclic) bond motifs is 1. The molecule has 0 bridgehead atoms. The fourth-order valence-electron chi connectivity index (χ4n) is 2.33. The van der Waals surface area contributed by atoms with Gasteiger partial charge in [0, 0.05) is 22.6 Å². The van der Waals surface area contributed by atoms with Crippen LogP contribution >= 0.6 is 27.3 Å². The molecule has 2 aromatic heterocycles. The summed E-state index contributed by atoms with van der Waals surface area (Å²) in [5, 5.41) is 7.62. The van der Waals surface area contributed by atoms with Crippen LogP contribution in [0.1, 0.15) is 20.9 Å². The molecule has 0 spiro atoms. The van der Waals surface area contributed by atoms with Crippen molar-refractivity contribution in [3.8, 4) is 0 Å². The third-order valence-corrected chi connectivity index (χ3v) is 5.34. The summed E-state index contributed by atoms with van der Waals surface area (Å²) in [6.45, 7) is 1.83. The fraction of sp³-hybridized carbons (Fsp3) is 0.200. The maximum absolute atomic E-state index is 12.9. The van der Waals surface area contributed by atoms with Crippen LogP contribution in [0.25, 0.3) is 10.2 Å². The molecule has 0 saturated heterocycles. The molecular weight excluding hydrogens is 407 g/mol. The highest BCUT2D eigenvalue weighted by molar-refractivity contribution is 9.10. The van der Waals surface area contributed by atoms with E-state index in [1.165, 1.54) is 23.5 Å². The molecule has 0 atom stereocenters. The van der Waals surface area contributed by atoms with Crippen molar-refractivity contribution in [1.82, 2.24) is 9.78 Å². The fourth-order valence-corrected chi connectivity index (χ4v) is 3.82. The topological polar surface area (TPSA) is 46.9 Å². The second-order valence-electron chi connectivity index (χ2n) is 5.19. The highest BCUT2D eigenvalue weighted by atomic mass is 79.9. The Labute approximate surface area is 147 Å². The zero-order chi connectivity index (χ0) is 17.6. The predicted molar refractivity (Wildman–Crippen MR) is 90.4 cm³/mol. The number of carbonyl (C=O) groups excluding carboxylic acids is 1. The number of alkyl halides is 3. The van der Waals surface area contributed by atoms with Crippen molar-refractivity contribution in [3.63, 3.8) is 0 Å². The molecule has 3 rings (SSSR count). The van der Waals surface area contributed by atoms with Gasteiger partial charge in [0.15, 0.2) is 0 Å². The largest absolute Gasteiger partial charge is 0.417 e. The number of nitrogens with one attached hydrogen (secondary N) is 1. The number of aryl methyl sites for hydroxylation is 2. The number of hydrogen-bond donors (Lipinski definition) is 1. The van der Waals surface area contributed by atoms with Gasteiger partial charge in [0.1, 0.15) is 4.83 Å². The Morgan fingerprint density at radius 1 is 1.33 bits per heavy atom. The molecule has 3 aromatic rings. The van der Waals surface area contributed by atoms with Crippen LogP contribution in [0.5, 0.6) is 0 Å². The minimum absolute atomic E-state index is 0.0726. The first-order valence-corrected chi connectivity index (χ1v) is 8.39. The summed E-state index contributed by atoms with van der Waals surface area (Å²) < 4.78 is 40.4. The van der Waals surface area contributed by atoms with E-state index in [1.807, 2.05) is 6.92 Å². The highest BCUT2D eigenvalue weighted by Crippen LogP contribution is 2.36. The van der Waals surface area contributed by atoms with E-state index in [4.69, 9.17) is 0 Å². The van der Waals surface area contributed by atoms with Gasteiger partial charge in [0.05, 0.1) is 16.1 Å². The monoisotopic (exact) mass is 417 g/mol. The minimum atomic E-state index is -4.50. The van der Waals surface area contributed by atoms with Gasteiger partial charge in [-0.2, -0.15) is 18.3 Å². The first-order chi connectivity index (χ1) is 11.2. The highest BCUT2D eigenvalue weighted by Gasteiger charge is 2.33. The third-order valence-electron chi connectivity index (χ3n) is 3.45. The van der Waals surface area contributed by atoms with Crippen molar-refractivity contribution in [2.24, 2.45) is 7.05 Å². The van der Waals surface area contributed by atoms with Gasteiger partial charge in [-0.25, -0.2) is 0 Å². The zero-order valence-corrected chi connectivity index (χ0v) is 14.9. The van der Waals surface area contributed by atoms with Gasteiger partial charge in [0.2, 0.25) is 0 Å². The van der Waals surface area contributed by atoms with Crippen molar-refractivity contribution >= 4 is 49.1 Å². The maximum atomic E-state index is 12.9. The molecule has 1 aromatic carbocycles. The summed E-state index contributed by atoms with van der Waals surface area (Å²) in [6, 6.07) is 5.28. The second kappa shape index (κ2) is 5.89. The number of nitrogens with zero attached hydrogens (tertiary/aromatic N) is 2. The Balaban J connectivity index is 1.90. The standard InChI is InChI=1S/C15H11BrF3N3OS/c1-7-9-6-12(24-14(9)22(2)21-7)13(23)20-8-3-4-11(16)10(5-8)15(17,18)19/h3-6H,1-2H3,(H,20,23). The lowest BCUT2D eigenvalue weighted by atomic mass is 10.2. The minimum Gasteiger partial charge on any atom is -0.321 e. The van der Waals surface area contributed by atoms with E-state index in [-0.39, 0.29) is 10.2 Å². The predicted octanol–water partition coefficient (Wildman–Crippen LogP) is 4.98. The maximum Gasteiger partial charge on any atom is 0.417 e. The quantitative estimate of drug-likeness (QED) is 0.639. The van der Waals surface area contributed by atoms with Crippen LogP contribution in [-0.4, -0.2) is 15.7 Å². The van der Waals surface area contributed by atoms with E-state index in [0.717, 1.165) is 22.0 Å². The molecule has 1 N–H and O–H groups in total. The van der Waals surface area contributed by atoms with Gasteiger partial charge in [-0.1, -0.05) is 15.9 Å². The van der Waals surface area contributed by atoms with Crippen molar-refractivity contribution < 1.29 is 18.0 Å². The molecule has 0 aliphatic heterocycles. The van der Waals surface area contributed by atoms with Crippen LogP contribution < -0.4 is 5.32 Å². The van der Waals surface area contributed by atoms with Gasteiger partial charge in [0.25, 0.3) is 5.91 Å². The Kier molecular flexibility index (Phi) is 4.16. The summed E-state index contributed by atoms with van der Waals surface area (Å²) in [5.74, 6) is -0.453. The molecule has 24 heavy (non-hydrogen) atoms. The number of rotatable bonds is 2. The summed E-state index contributed by atoms with van der Waals surface area (Å²) in [7, 11) is 1.78. The first-order valence-electron chi connectivity index (χ1n) is 6.78. The molecule has 0 saturated carbocycles. The number of carbonyl (C=O) groups is 1. The summed E-state index contributed by atoms with van der Waals surface area (Å²) in [5.41, 5.74) is 0.0466. The molecular formula is C15H11BrF3N3OS. The van der Waals surface area contributed by atoms with Crippen LogP contribution in [0.2, 0.25) is 0 Å². The Morgan fingerprint density at radius 3 is 2.67 bits per heavy atom. The van der Waals surface area contributed by atoms with Crippen molar-refractivity contribution in [2.45, 2.75) is 13.1 Å². The summed E-state index contributed by atoms with van der Waals surface area (Å²) in [6.07, 6.45) is -4.50. The van der Waals surface area contributed by atoms with E-state index in [0.29, 0.717) is 4.88 Å². The Bertz CT molecular complexity index is 911. The number of anilines is 1. The molecule has 2 heterocycles. The van der Waals surface area contributed by atoms with Gasteiger partial charge in [-0.3, -0.25) is 9.48 Å². The zero-order valence-electron chi connectivity index (χ0n) is 12.5. The van der Waals surface area contributed by atoms with Gasteiger partial charge < -0.3 is 5.32 Å². The van der Waals surface area contributed by atoms with E-state index < -0.39 is 17.6 Å². The Morgan fingerprint density at radius 2 is 2.04 bits per heavy atom. The van der Waals surface area contributed by atoms with Crippen LogP contribution in [0, 0.1) is 6.92 Å². The lowest BCUT2D eigenvalue weighted by molar-refractivity contribution is -0.138. The number of halogens is 4. The molecule has 9 heteroatoms. The molecule has 1 amide bonds. The molecule has 0 radical (unpaired) electrons. The molecule has 0 unspecified atom stereocenters. The van der Waals surface area contributed by atoms with Gasteiger partial charge in [-0.05, 0) is 31.2 Å². The van der Waals surface area contributed by atoms with E-state index in [9.17, 15) is 18.0 Å². The van der Waals surface area contributed by atoms with E-state index in [1.54, 1.807) is 17.8 Å². The van der Waals surface area contributed by atoms with Crippen LogP contribution in [0.3, 0.4) is 0 Å². The average Bonchev–Trinajstić information content (AvgIpc) is 3.02. The van der Waals surface area contributed by atoms with Crippen LogP contribution in [-0.2, 0) is 13.2 Å². The number of thiophene rings is 1. The van der Waals surface area contributed by atoms with Crippen molar-refractivity contribution in [1.29, 1.82) is 0 Å². The smallest absolute Gasteiger partial charge is 0.321 e. The van der Waals surface area contributed by atoms with Gasteiger partial charge >= 0.3 is 6.18 Å². The molecule has 0 aliphatic carbocycles. The summed E-state index contributed by atoms with van der Waals surface area (Å²) >= 11 is 4.11. The molecule has 126 valence electrons. The second-order valence-corrected chi connectivity index (χ2v) is 7.07. The molecule has 0 aliphatic rings. The Hall–Kier alpha value is -1.87. The normalized spacial score (nSPS) is 11.9. The number of benzene rings is 1. The lowest BCUT2D eigenvalue weighted by Gasteiger charge is -2.11. The van der Waals surface area contributed by atoms with Gasteiger partial charge in [-0.15, -0.1) is 11.3 Å². The van der Waals surface area contributed by atoms with E-state index >= 15 is 0 Å². The van der Waals surface area contributed by atoms with Crippen molar-refractivity contribution in [2.75, 3.05) is 5.32 Å². The SMILES string of the molecule is Cc1nn(C)c2sc(C(=O)Nc3ccc(Br)c(C(F)(F)F)c3)cc12.